The number of nitrogens with one attached hydrogen (secondary N) is 1. The lowest BCUT2D eigenvalue weighted by Gasteiger charge is -2.30. The van der Waals surface area contributed by atoms with Crippen LogP contribution in [0.3, 0.4) is 0 Å². The van der Waals surface area contributed by atoms with Gasteiger partial charge < -0.3 is 10.2 Å². The number of aromatic nitrogens is 2. The summed E-state index contributed by atoms with van der Waals surface area (Å²) in [6, 6.07) is 2.00. The van der Waals surface area contributed by atoms with E-state index in [1.54, 1.807) is 12.3 Å². The molecule has 0 aromatic carbocycles. The lowest BCUT2D eigenvalue weighted by Crippen LogP contribution is -2.39. The smallest absolute Gasteiger partial charge is 0.272 e. The average Bonchev–Trinajstić information content (AvgIpc) is 2.46. The monoisotopic (exact) mass is 276 g/mol. The molecule has 1 aromatic heterocycles. The Hall–Kier alpha value is -1.65. The summed E-state index contributed by atoms with van der Waals surface area (Å²) >= 11 is 0. The van der Waals surface area contributed by atoms with E-state index in [1.165, 1.54) is 6.42 Å². The van der Waals surface area contributed by atoms with Gasteiger partial charge in [0, 0.05) is 25.3 Å². The number of anilines is 1. The Morgan fingerprint density at radius 1 is 1.60 bits per heavy atom. The lowest BCUT2D eigenvalue weighted by molar-refractivity contribution is 0.0677. The minimum absolute atomic E-state index is 0.0196. The normalized spacial score (nSPS) is 20.6. The molecular formula is C15H24N4O. The largest absolute Gasteiger partial charge is 0.352 e. The summed E-state index contributed by atoms with van der Waals surface area (Å²) in [5, 5.41) is 3.21. The van der Waals surface area contributed by atoms with Crippen molar-refractivity contribution >= 4 is 11.9 Å². The minimum Gasteiger partial charge on any atom is -0.352 e. The molecule has 1 aliphatic heterocycles. The third-order valence-electron chi connectivity index (χ3n) is 3.81. The summed E-state index contributed by atoms with van der Waals surface area (Å²) in [4.78, 5) is 22.9. The van der Waals surface area contributed by atoms with Crippen molar-refractivity contribution in [3.63, 3.8) is 0 Å². The van der Waals surface area contributed by atoms with Crippen molar-refractivity contribution in [2.75, 3.05) is 18.4 Å². The van der Waals surface area contributed by atoms with Gasteiger partial charge in [0.05, 0.1) is 0 Å². The van der Waals surface area contributed by atoms with Crippen LogP contribution >= 0.6 is 0 Å². The van der Waals surface area contributed by atoms with E-state index in [1.807, 2.05) is 4.90 Å². The molecule has 20 heavy (non-hydrogen) atoms. The summed E-state index contributed by atoms with van der Waals surface area (Å²) < 4.78 is 0. The van der Waals surface area contributed by atoms with E-state index in [0.29, 0.717) is 23.6 Å². The Morgan fingerprint density at radius 2 is 2.40 bits per heavy atom. The molecule has 110 valence electrons. The van der Waals surface area contributed by atoms with E-state index in [4.69, 9.17) is 0 Å². The number of rotatable bonds is 4. The van der Waals surface area contributed by atoms with Crippen molar-refractivity contribution < 1.29 is 4.79 Å². The van der Waals surface area contributed by atoms with Crippen LogP contribution in [0.1, 0.15) is 50.5 Å². The standard InChI is InChI=1S/C15H24N4O/c1-4-12(3)17-15-16-8-7-13(18-15)14(20)19-9-5-6-11(2)10-19/h7-8,11-12H,4-6,9-10H2,1-3H3,(H,16,17,18). The summed E-state index contributed by atoms with van der Waals surface area (Å²) in [6.07, 6.45) is 4.92. The molecule has 1 amide bonds. The molecule has 1 fully saturated rings. The van der Waals surface area contributed by atoms with E-state index < -0.39 is 0 Å². The number of hydrogen-bond donors (Lipinski definition) is 1. The van der Waals surface area contributed by atoms with Gasteiger partial charge >= 0.3 is 0 Å². The SMILES string of the molecule is CCC(C)Nc1nccc(C(=O)N2CCCC(C)C2)n1. The van der Waals surface area contributed by atoms with E-state index in [-0.39, 0.29) is 5.91 Å². The van der Waals surface area contributed by atoms with Gasteiger partial charge in [-0.05, 0) is 38.2 Å². The van der Waals surface area contributed by atoms with Crippen LogP contribution in [0, 0.1) is 5.92 Å². The fourth-order valence-electron chi connectivity index (χ4n) is 2.41. The quantitative estimate of drug-likeness (QED) is 0.918. The minimum atomic E-state index is 0.0196. The highest BCUT2D eigenvalue weighted by Gasteiger charge is 2.23. The number of carbonyl (C=O) groups is 1. The molecular weight excluding hydrogens is 252 g/mol. The lowest BCUT2D eigenvalue weighted by atomic mass is 10.00. The van der Waals surface area contributed by atoms with Gasteiger partial charge in [0.2, 0.25) is 5.95 Å². The highest BCUT2D eigenvalue weighted by molar-refractivity contribution is 5.92. The van der Waals surface area contributed by atoms with Gasteiger partial charge in [-0.15, -0.1) is 0 Å². The molecule has 5 heteroatoms. The predicted octanol–water partition coefficient (Wildman–Crippen LogP) is 2.56. The van der Waals surface area contributed by atoms with Gasteiger partial charge in [0.15, 0.2) is 0 Å². The third-order valence-corrected chi connectivity index (χ3v) is 3.81. The van der Waals surface area contributed by atoms with E-state index in [2.05, 4.69) is 36.1 Å². The van der Waals surface area contributed by atoms with Crippen LogP contribution in [0.15, 0.2) is 12.3 Å². The molecule has 5 nitrogen and oxygen atoms in total. The fraction of sp³-hybridized carbons (Fsp3) is 0.667. The van der Waals surface area contributed by atoms with Crippen LogP contribution < -0.4 is 5.32 Å². The van der Waals surface area contributed by atoms with Crippen molar-refractivity contribution in [2.45, 2.75) is 46.1 Å². The molecule has 1 N–H and O–H groups in total. The maximum Gasteiger partial charge on any atom is 0.272 e. The highest BCUT2D eigenvalue weighted by atomic mass is 16.2. The molecule has 2 rings (SSSR count). The van der Waals surface area contributed by atoms with Gasteiger partial charge in [-0.3, -0.25) is 4.79 Å². The Balaban J connectivity index is 2.07. The summed E-state index contributed by atoms with van der Waals surface area (Å²) in [6.45, 7) is 8.03. The number of amides is 1. The van der Waals surface area contributed by atoms with Crippen molar-refractivity contribution in [3.05, 3.63) is 18.0 Å². The molecule has 0 bridgehead atoms. The van der Waals surface area contributed by atoms with Crippen LogP contribution in [-0.4, -0.2) is 39.9 Å². The van der Waals surface area contributed by atoms with Gasteiger partial charge in [-0.25, -0.2) is 9.97 Å². The van der Waals surface area contributed by atoms with Crippen LogP contribution in [0.5, 0.6) is 0 Å². The molecule has 0 aliphatic carbocycles. The van der Waals surface area contributed by atoms with Gasteiger partial charge in [0.1, 0.15) is 5.69 Å². The number of piperidine rings is 1. The Bertz CT molecular complexity index is 463. The first-order chi connectivity index (χ1) is 9.60. The van der Waals surface area contributed by atoms with E-state index >= 15 is 0 Å². The molecule has 0 saturated carbocycles. The zero-order valence-corrected chi connectivity index (χ0v) is 12.6. The number of carbonyl (C=O) groups excluding carboxylic acids is 1. The molecule has 0 spiro atoms. The maximum absolute atomic E-state index is 12.5. The predicted molar refractivity (Wildman–Crippen MR) is 79.7 cm³/mol. The number of hydrogen-bond acceptors (Lipinski definition) is 4. The van der Waals surface area contributed by atoms with Gasteiger partial charge in [-0.1, -0.05) is 13.8 Å². The Labute approximate surface area is 120 Å². The summed E-state index contributed by atoms with van der Waals surface area (Å²) in [5.74, 6) is 1.13. The van der Waals surface area contributed by atoms with E-state index in [0.717, 1.165) is 25.9 Å². The Kier molecular flexibility index (Phi) is 4.93. The number of nitrogens with zero attached hydrogens (tertiary/aromatic N) is 3. The maximum atomic E-state index is 12.5. The summed E-state index contributed by atoms with van der Waals surface area (Å²) in [5.41, 5.74) is 0.486. The first kappa shape index (κ1) is 14.8. The molecule has 1 aromatic rings. The first-order valence-electron chi connectivity index (χ1n) is 7.49. The van der Waals surface area contributed by atoms with Crippen LogP contribution in [0.4, 0.5) is 5.95 Å². The first-order valence-corrected chi connectivity index (χ1v) is 7.49. The van der Waals surface area contributed by atoms with Gasteiger partial charge in [0.25, 0.3) is 5.91 Å². The second kappa shape index (κ2) is 6.68. The molecule has 2 atom stereocenters. The zero-order chi connectivity index (χ0) is 14.5. The van der Waals surface area contributed by atoms with Crippen LogP contribution in [0.25, 0.3) is 0 Å². The average molecular weight is 276 g/mol. The number of likely N-dealkylation sites (tertiary alicyclic amines) is 1. The molecule has 0 radical (unpaired) electrons. The molecule has 2 heterocycles. The topological polar surface area (TPSA) is 58.1 Å². The molecule has 2 unspecified atom stereocenters. The van der Waals surface area contributed by atoms with Crippen molar-refractivity contribution in [2.24, 2.45) is 5.92 Å². The Morgan fingerprint density at radius 3 is 3.10 bits per heavy atom. The summed E-state index contributed by atoms with van der Waals surface area (Å²) in [7, 11) is 0. The molecule has 1 aliphatic rings. The molecule has 1 saturated heterocycles. The fourth-order valence-corrected chi connectivity index (χ4v) is 2.41. The van der Waals surface area contributed by atoms with Crippen molar-refractivity contribution in [3.8, 4) is 0 Å². The van der Waals surface area contributed by atoms with Crippen molar-refractivity contribution in [1.29, 1.82) is 0 Å². The zero-order valence-electron chi connectivity index (χ0n) is 12.6. The van der Waals surface area contributed by atoms with Crippen molar-refractivity contribution in [1.82, 2.24) is 14.9 Å². The third kappa shape index (κ3) is 3.68. The highest BCUT2D eigenvalue weighted by Crippen LogP contribution is 2.17. The van der Waals surface area contributed by atoms with Crippen LogP contribution in [0.2, 0.25) is 0 Å². The van der Waals surface area contributed by atoms with E-state index in [9.17, 15) is 4.79 Å². The second-order valence-corrected chi connectivity index (χ2v) is 5.72. The van der Waals surface area contributed by atoms with Crippen LogP contribution in [-0.2, 0) is 0 Å². The second-order valence-electron chi connectivity index (χ2n) is 5.72. The van der Waals surface area contributed by atoms with Gasteiger partial charge in [-0.2, -0.15) is 0 Å².